The van der Waals surface area contributed by atoms with Gasteiger partial charge in [-0.1, -0.05) is 24.3 Å². The van der Waals surface area contributed by atoms with Gasteiger partial charge in [-0.3, -0.25) is 0 Å². The fraction of sp³-hybridized carbons (Fsp3) is 0.258. The highest BCUT2D eigenvalue weighted by Crippen LogP contribution is 2.32. The van der Waals surface area contributed by atoms with Crippen LogP contribution in [-0.4, -0.2) is 43.8 Å². The Labute approximate surface area is 250 Å². The lowest BCUT2D eigenvalue weighted by atomic mass is 10.2. The van der Waals surface area contributed by atoms with Crippen LogP contribution in [0.4, 0.5) is 55.9 Å². The van der Waals surface area contributed by atoms with Crippen molar-refractivity contribution < 1.29 is 24.5 Å². The number of carbonyl (C=O) groups excluding carboxylic acids is 2. The Morgan fingerprint density at radius 1 is 0.581 bits per heavy atom. The number of aromatic nitrogens is 3. The lowest BCUT2D eigenvalue weighted by Gasteiger charge is -2.28. The Bertz CT molecular complexity index is 1520. The van der Waals surface area contributed by atoms with Crippen molar-refractivity contribution in [2.45, 2.75) is 52.7 Å². The summed E-state index contributed by atoms with van der Waals surface area (Å²) in [6.07, 6.45) is -1.37. The zero-order chi connectivity index (χ0) is 30.1. The molecule has 0 fully saturated rings. The molecule has 1 aromatic carbocycles. The Hall–Kier alpha value is -5.23. The van der Waals surface area contributed by atoms with Crippen LogP contribution < -0.4 is 20.4 Å². The van der Waals surface area contributed by atoms with E-state index in [1.54, 1.807) is 96.1 Å². The van der Waals surface area contributed by atoms with Crippen molar-refractivity contribution in [2.75, 3.05) is 20.4 Å². The number of benzene rings is 1. The quantitative estimate of drug-likeness (QED) is 0.222. The summed E-state index contributed by atoms with van der Waals surface area (Å²) in [5.41, 5.74) is -0.0697. The molecule has 0 spiro atoms. The molecule has 0 atom stereocenters. The second-order valence-electron chi connectivity index (χ2n) is 11.6. The number of hydrogen-bond acceptors (Lipinski definition) is 9. The van der Waals surface area contributed by atoms with E-state index in [9.17, 15) is 9.59 Å². The molecule has 43 heavy (non-hydrogen) atoms. The number of nitrogens with one attached hydrogen (secondary N) is 2. The number of rotatable bonds is 0. The minimum absolute atomic E-state index is 0. The van der Waals surface area contributed by atoms with Crippen molar-refractivity contribution in [3.63, 3.8) is 0 Å². The summed E-state index contributed by atoms with van der Waals surface area (Å²) in [6, 6.07) is 23.0. The van der Waals surface area contributed by atoms with E-state index in [1.165, 1.54) is 9.80 Å². The van der Waals surface area contributed by atoms with Crippen LogP contribution in [0.1, 0.15) is 41.5 Å². The molecule has 224 valence electrons. The molecule has 3 aromatic heterocycles. The Balaban J connectivity index is 0.00000423. The summed E-state index contributed by atoms with van der Waals surface area (Å²) in [7, 11) is 0. The maximum Gasteiger partial charge on any atom is 0.421 e. The van der Waals surface area contributed by atoms with Crippen molar-refractivity contribution in [3.05, 3.63) is 78.9 Å². The van der Waals surface area contributed by atoms with Crippen LogP contribution in [0.5, 0.6) is 0 Å². The third-order valence-electron chi connectivity index (χ3n) is 5.66. The van der Waals surface area contributed by atoms with Gasteiger partial charge < -0.3 is 25.6 Å². The normalized spacial score (nSPS) is 12.7. The van der Waals surface area contributed by atoms with Crippen molar-refractivity contribution in [1.82, 2.24) is 15.0 Å². The predicted octanol–water partition coefficient (Wildman–Crippen LogP) is 6.99. The zero-order valence-corrected chi connectivity index (χ0v) is 24.9. The van der Waals surface area contributed by atoms with Gasteiger partial charge in [-0.2, -0.15) is 0 Å². The Kier molecular flexibility index (Phi) is 8.53. The third kappa shape index (κ3) is 7.54. The summed E-state index contributed by atoms with van der Waals surface area (Å²) in [6.45, 7) is 10.7. The van der Waals surface area contributed by atoms with E-state index in [-0.39, 0.29) is 28.7 Å². The van der Waals surface area contributed by atoms with E-state index in [4.69, 9.17) is 24.4 Å². The molecular formula is C31H35N7O5. The maximum atomic E-state index is 13.6. The number of carbonyl (C=O) groups is 2. The molecule has 8 bridgehead atoms. The molecular weight excluding hydrogens is 550 g/mol. The van der Waals surface area contributed by atoms with Gasteiger partial charge >= 0.3 is 12.2 Å². The molecule has 2 amide bonds. The predicted molar refractivity (Wildman–Crippen MR) is 166 cm³/mol. The van der Waals surface area contributed by atoms with Crippen molar-refractivity contribution in [3.8, 4) is 0 Å². The van der Waals surface area contributed by atoms with E-state index in [2.05, 4.69) is 10.6 Å². The maximum absolute atomic E-state index is 13.6. The fourth-order valence-electron chi connectivity index (χ4n) is 4.09. The van der Waals surface area contributed by atoms with Gasteiger partial charge in [0, 0.05) is 11.4 Å². The summed E-state index contributed by atoms with van der Waals surface area (Å²) in [4.78, 5) is 43.9. The number of anilines is 8. The minimum Gasteiger partial charge on any atom is -0.443 e. The second-order valence-corrected chi connectivity index (χ2v) is 11.6. The first-order valence-electron chi connectivity index (χ1n) is 13.5. The van der Waals surface area contributed by atoms with Gasteiger partial charge in [0.25, 0.3) is 0 Å². The molecule has 12 nitrogen and oxygen atoms in total. The highest BCUT2D eigenvalue weighted by molar-refractivity contribution is 5.97. The van der Waals surface area contributed by atoms with Gasteiger partial charge in [0.15, 0.2) is 0 Å². The van der Waals surface area contributed by atoms with E-state index in [0.29, 0.717) is 11.6 Å². The molecule has 4 heterocycles. The van der Waals surface area contributed by atoms with Crippen LogP contribution in [0, 0.1) is 0 Å². The number of hydrogen-bond donors (Lipinski definition) is 2. The summed E-state index contributed by atoms with van der Waals surface area (Å²) in [5.74, 6) is 1.90. The Morgan fingerprint density at radius 2 is 0.930 bits per heavy atom. The monoisotopic (exact) mass is 585 g/mol. The molecule has 0 radical (unpaired) electrons. The largest absolute Gasteiger partial charge is 0.443 e. The molecule has 0 aliphatic carbocycles. The number of amides is 2. The first-order chi connectivity index (χ1) is 19.8. The van der Waals surface area contributed by atoms with Gasteiger partial charge in [-0.25, -0.2) is 34.3 Å². The lowest BCUT2D eigenvalue weighted by Crippen LogP contribution is -2.36. The van der Waals surface area contributed by atoms with Gasteiger partial charge in [-0.15, -0.1) is 0 Å². The fourth-order valence-corrected chi connectivity index (χ4v) is 4.09. The minimum atomic E-state index is -0.792. The highest BCUT2D eigenvalue weighted by atomic mass is 16.6. The number of ether oxygens (including phenoxy) is 2. The van der Waals surface area contributed by atoms with Gasteiger partial charge in [0.05, 0.1) is 0 Å². The summed E-state index contributed by atoms with van der Waals surface area (Å²) in [5, 5.41) is 6.58. The first-order valence-corrected chi connectivity index (χ1v) is 13.5. The first kappa shape index (κ1) is 30.7. The van der Waals surface area contributed by atoms with Crippen LogP contribution in [-0.2, 0) is 9.47 Å². The molecule has 0 saturated carbocycles. The molecule has 12 heteroatoms. The number of fused-ring (bicyclic) bond motifs is 8. The summed E-state index contributed by atoms with van der Waals surface area (Å²) < 4.78 is 11.5. The van der Waals surface area contributed by atoms with Gasteiger partial charge in [-0.05, 0) is 96.1 Å². The van der Waals surface area contributed by atoms with E-state index in [0.717, 1.165) is 11.4 Å². The van der Waals surface area contributed by atoms with Crippen LogP contribution in [0.3, 0.4) is 0 Å². The standard InChI is InChI=1S/C31H33N7O4.H2O/c1-30(2,3)41-28(39)37-24-15-8-13-22(34-24)32-20-11-7-12-21(19-20)33-23-14-9-16-25(35-23)38(29(40)42-31(4,5)6)27-18-10-17-26(37)36-27;/h7-19H,1-6H3,(H,32,34)(H,33,35);1H2. The SMILES string of the molecule is CC(C)(C)OC(=O)N1c2cccc(n2)Nc2cccc(c2)Nc2cccc(n2)N(C(=O)OC(C)(C)C)c2cccc1n2.O. The summed E-state index contributed by atoms with van der Waals surface area (Å²) >= 11 is 0. The molecule has 5 rings (SSSR count). The zero-order valence-electron chi connectivity index (χ0n) is 24.9. The number of pyridine rings is 3. The van der Waals surface area contributed by atoms with Crippen LogP contribution in [0.25, 0.3) is 0 Å². The number of nitrogens with zero attached hydrogens (tertiary/aromatic N) is 5. The highest BCUT2D eigenvalue weighted by Gasteiger charge is 2.31. The van der Waals surface area contributed by atoms with Crippen molar-refractivity contribution in [2.24, 2.45) is 0 Å². The molecule has 4 aromatic rings. The third-order valence-corrected chi connectivity index (χ3v) is 5.66. The van der Waals surface area contributed by atoms with Crippen LogP contribution >= 0.6 is 0 Å². The van der Waals surface area contributed by atoms with E-state index >= 15 is 0 Å². The van der Waals surface area contributed by atoms with Crippen LogP contribution in [0.2, 0.25) is 0 Å². The van der Waals surface area contributed by atoms with Gasteiger partial charge in [0.2, 0.25) is 0 Å². The van der Waals surface area contributed by atoms with Gasteiger partial charge in [0.1, 0.15) is 46.1 Å². The van der Waals surface area contributed by atoms with Crippen LogP contribution in [0.15, 0.2) is 78.9 Å². The molecule has 1 aliphatic rings. The van der Waals surface area contributed by atoms with E-state index in [1.807, 2.05) is 24.3 Å². The average molecular weight is 586 g/mol. The topological polar surface area (TPSA) is 153 Å². The smallest absolute Gasteiger partial charge is 0.421 e. The second kappa shape index (κ2) is 11.9. The molecule has 1 aliphatic heterocycles. The average Bonchev–Trinajstić information content (AvgIpc) is 2.87. The van der Waals surface area contributed by atoms with Crippen molar-refractivity contribution >= 4 is 58.5 Å². The molecule has 4 N–H and O–H groups in total. The van der Waals surface area contributed by atoms with Crippen molar-refractivity contribution in [1.29, 1.82) is 0 Å². The van der Waals surface area contributed by atoms with E-state index < -0.39 is 23.4 Å². The Morgan fingerprint density at radius 3 is 1.33 bits per heavy atom. The molecule has 0 unspecified atom stereocenters. The molecule has 0 saturated heterocycles. The lowest BCUT2D eigenvalue weighted by molar-refractivity contribution is 0.0588.